The molecule has 0 heterocycles. The topological polar surface area (TPSA) is 35.2 Å². The van der Waals surface area contributed by atoms with Crippen LogP contribution in [0, 0.1) is 5.92 Å². The molecule has 1 atom stereocenters. The number of rotatable bonds is 7. The molecule has 0 radical (unpaired) electrons. The third-order valence-corrected chi connectivity index (χ3v) is 1.72. The summed E-state index contributed by atoms with van der Waals surface area (Å²) in [6.45, 7) is 2.44. The number of alkyl halides is 4. The molecule has 0 aromatic rings. The van der Waals surface area contributed by atoms with Gasteiger partial charge < -0.3 is 10.5 Å². The average Bonchev–Trinajstić information content (AvgIpc) is 2.01. The fraction of sp³-hybridized carbons (Fsp3) is 1.00. The van der Waals surface area contributed by atoms with Crippen molar-refractivity contribution in [1.29, 1.82) is 0 Å². The van der Waals surface area contributed by atoms with Gasteiger partial charge in [0, 0.05) is 6.04 Å². The molecule has 0 fully saturated rings. The van der Waals surface area contributed by atoms with E-state index >= 15 is 0 Å². The Labute approximate surface area is 86.8 Å². The third-order valence-electron chi connectivity index (χ3n) is 1.72. The van der Waals surface area contributed by atoms with Crippen molar-refractivity contribution in [2.75, 3.05) is 13.2 Å². The molecule has 92 valence electrons. The Balaban J connectivity index is 3.70. The normalized spacial score (nSPS) is 15.0. The summed E-state index contributed by atoms with van der Waals surface area (Å²) in [6.07, 6.45) is -3.08. The summed E-state index contributed by atoms with van der Waals surface area (Å²) < 4.78 is 52.5. The van der Waals surface area contributed by atoms with E-state index in [1.807, 2.05) is 13.8 Å². The van der Waals surface area contributed by atoms with Crippen LogP contribution in [0.4, 0.5) is 17.6 Å². The van der Waals surface area contributed by atoms with E-state index in [-0.39, 0.29) is 6.61 Å². The van der Waals surface area contributed by atoms with Crippen LogP contribution in [-0.2, 0) is 4.74 Å². The van der Waals surface area contributed by atoms with Gasteiger partial charge in [-0.1, -0.05) is 13.8 Å². The summed E-state index contributed by atoms with van der Waals surface area (Å²) >= 11 is 0. The molecule has 0 aliphatic rings. The standard InChI is InChI=1S/C9H17F4NO/c1-6(2)3-7(14)4-15-5-9(12,13)8(10)11/h6-8H,3-5,14H2,1-2H3. The lowest BCUT2D eigenvalue weighted by Gasteiger charge is -2.18. The molecule has 0 aliphatic carbocycles. The fourth-order valence-corrected chi connectivity index (χ4v) is 1.08. The summed E-state index contributed by atoms with van der Waals surface area (Å²) in [5.41, 5.74) is 5.52. The number of hydrogen-bond donors (Lipinski definition) is 1. The summed E-state index contributed by atoms with van der Waals surface area (Å²) in [7, 11) is 0. The lowest BCUT2D eigenvalue weighted by Crippen LogP contribution is -2.35. The average molecular weight is 231 g/mol. The number of halogens is 4. The van der Waals surface area contributed by atoms with Crippen molar-refractivity contribution in [2.45, 2.75) is 38.7 Å². The second-order valence-electron chi connectivity index (χ2n) is 3.97. The van der Waals surface area contributed by atoms with Crippen molar-refractivity contribution < 1.29 is 22.3 Å². The van der Waals surface area contributed by atoms with E-state index in [2.05, 4.69) is 4.74 Å². The van der Waals surface area contributed by atoms with Gasteiger partial charge in [0.2, 0.25) is 0 Å². The first kappa shape index (κ1) is 14.6. The Bertz CT molecular complexity index is 175. The highest BCUT2D eigenvalue weighted by atomic mass is 19.3. The third kappa shape index (κ3) is 6.67. The van der Waals surface area contributed by atoms with Gasteiger partial charge in [0.15, 0.2) is 0 Å². The van der Waals surface area contributed by atoms with E-state index in [0.717, 1.165) is 0 Å². The smallest absolute Gasteiger partial charge is 0.330 e. The molecule has 0 aromatic heterocycles. The second kappa shape index (κ2) is 6.27. The monoisotopic (exact) mass is 231 g/mol. The summed E-state index contributed by atoms with van der Waals surface area (Å²) in [5.74, 6) is -3.77. The zero-order valence-corrected chi connectivity index (χ0v) is 8.85. The first-order valence-corrected chi connectivity index (χ1v) is 4.75. The van der Waals surface area contributed by atoms with Gasteiger partial charge in [0.05, 0.1) is 6.61 Å². The Hall–Kier alpha value is -0.360. The summed E-state index contributed by atoms with van der Waals surface area (Å²) in [6, 6.07) is -0.390. The highest BCUT2D eigenvalue weighted by molar-refractivity contribution is 4.69. The van der Waals surface area contributed by atoms with E-state index < -0.39 is 25.0 Å². The predicted octanol–water partition coefficient (Wildman–Crippen LogP) is 2.28. The van der Waals surface area contributed by atoms with E-state index in [0.29, 0.717) is 12.3 Å². The maximum atomic E-state index is 12.3. The minimum absolute atomic E-state index is 0.125. The van der Waals surface area contributed by atoms with Crippen molar-refractivity contribution >= 4 is 0 Å². The molecular formula is C9H17F4NO. The molecular weight excluding hydrogens is 214 g/mol. The van der Waals surface area contributed by atoms with Crippen LogP contribution in [-0.4, -0.2) is 31.6 Å². The molecule has 0 amide bonds. The van der Waals surface area contributed by atoms with E-state index in [9.17, 15) is 17.6 Å². The zero-order chi connectivity index (χ0) is 12.1. The minimum Gasteiger partial charge on any atom is -0.373 e. The minimum atomic E-state index is -4.09. The van der Waals surface area contributed by atoms with Crippen LogP contribution in [0.15, 0.2) is 0 Å². The van der Waals surface area contributed by atoms with Crippen molar-refractivity contribution in [3.8, 4) is 0 Å². The Morgan fingerprint density at radius 3 is 2.20 bits per heavy atom. The highest BCUT2D eigenvalue weighted by Gasteiger charge is 2.40. The largest absolute Gasteiger partial charge is 0.373 e. The van der Waals surface area contributed by atoms with Gasteiger partial charge in [0.25, 0.3) is 0 Å². The highest BCUT2D eigenvalue weighted by Crippen LogP contribution is 2.22. The van der Waals surface area contributed by atoms with Gasteiger partial charge in [-0.05, 0) is 12.3 Å². The maximum absolute atomic E-state index is 12.3. The molecule has 15 heavy (non-hydrogen) atoms. The van der Waals surface area contributed by atoms with Crippen LogP contribution in [0.25, 0.3) is 0 Å². The van der Waals surface area contributed by atoms with Crippen LogP contribution < -0.4 is 5.73 Å². The molecule has 1 unspecified atom stereocenters. The Morgan fingerprint density at radius 2 is 1.80 bits per heavy atom. The number of nitrogens with two attached hydrogens (primary N) is 1. The summed E-state index contributed by atoms with van der Waals surface area (Å²) in [5, 5.41) is 0. The van der Waals surface area contributed by atoms with Gasteiger partial charge >= 0.3 is 12.3 Å². The fourth-order valence-electron chi connectivity index (χ4n) is 1.08. The molecule has 0 spiro atoms. The van der Waals surface area contributed by atoms with E-state index in [1.165, 1.54) is 0 Å². The molecule has 0 saturated heterocycles. The molecule has 0 saturated carbocycles. The molecule has 0 aromatic carbocycles. The Morgan fingerprint density at radius 1 is 1.27 bits per heavy atom. The Kier molecular flexibility index (Phi) is 6.12. The van der Waals surface area contributed by atoms with Gasteiger partial charge in [-0.25, -0.2) is 8.78 Å². The number of ether oxygens (including phenoxy) is 1. The first-order chi connectivity index (χ1) is 6.75. The van der Waals surface area contributed by atoms with Crippen LogP contribution >= 0.6 is 0 Å². The molecule has 6 heteroatoms. The lowest BCUT2D eigenvalue weighted by atomic mass is 10.1. The molecule has 2 nitrogen and oxygen atoms in total. The number of hydrogen-bond acceptors (Lipinski definition) is 2. The van der Waals surface area contributed by atoms with E-state index in [4.69, 9.17) is 5.73 Å². The van der Waals surface area contributed by atoms with Crippen molar-refractivity contribution in [3.05, 3.63) is 0 Å². The van der Waals surface area contributed by atoms with Crippen LogP contribution in [0.2, 0.25) is 0 Å². The van der Waals surface area contributed by atoms with Gasteiger partial charge in [-0.15, -0.1) is 0 Å². The quantitative estimate of drug-likeness (QED) is 0.682. The lowest BCUT2D eigenvalue weighted by molar-refractivity contribution is -0.166. The predicted molar refractivity (Wildman–Crippen MR) is 49.2 cm³/mol. The maximum Gasteiger partial charge on any atom is 0.330 e. The van der Waals surface area contributed by atoms with Crippen LogP contribution in [0.1, 0.15) is 20.3 Å². The van der Waals surface area contributed by atoms with Gasteiger partial charge in [0.1, 0.15) is 6.61 Å². The van der Waals surface area contributed by atoms with Crippen molar-refractivity contribution in [3.63, 3.8) is 0 Å². The molecule has 2 N–H and O–H groups in total. The zero-order valence-electron chi connectivity index (χ0n) is 8.85. The molecule has 0 aliphatic heterocycles. The van der Waals surface area contributed by atoms with Gasteiger partial charge in [-0.3, -0.25) is 0 Å². The van der Waals surface area contributed by atoms with Gasteiger partial charge in [-0.2, -0.15) is 8.78 Å². The summed E-state index contributed by atoms with van der Waals surface area (Å²) in [4.78, 5) is 0. The SMILES string of the molecule is CC(C)CC(N)COCC(F)(F)C(F)F. The van der Waals surface area contributed by atoms with Crippen LogP contribution in [0.3, 0.4) is 0 Å². The molecule has 0 rings (SSSR count). The van der Waals surface area contributed by atoms with Crippen LogP contribution in [0.5, 0.6) is 0 Å². The van der Waals surface area contributed by atoms with E-state index in [1.54, 1.807) is 0 Å². The second-order valence-corrected chi connectivity index (χ2v) is 3.97. The molecule has 0 bridgehead atoms. The first-order valence-electron chi connectivity index (χ1n) is 4.75. The van der Waals surface area contributed by atoms with Crippen molar-refractivity contribution in [1.82, 2.24) is 0 Å². The van der Waals surface area contributed by atoms with Crippen molar-refractivity contribution in [2.24, 2.45) is 11.7 Å².